The highest BCUT2D eigenvalue weighted by atomic mass is 16.5. The second kappa shape index (κ2) is 14.6. The molecule has 0 bridgehead atoms. The van der Waals surface area contributed by atoms with E-state index in [4.69, 9.17) is 9.73 Å². The summed E-state index contributed by atoms with van der Waals surface area (Å²) in [6.07, 6.45) is 53.1. The van der Waals surface area contributed by atoms with Crippen molar-refractivity contribution in [2.24, 2.45) is 34.6 Å². The van der Waals surface area contributed by atoms with E-state index < -0.39 is 5.54 Å². The largest absolute Gasteiger partial charge is 0.365 e. The van der Waals surface area contributed by atoms with Crippen LogP contribution in [0.15, 0.2) is 154 Å². The highest BCUT2D eigenvalue weighted by molar-refractivity contribution is 6.01. The number of allylic oxidation sites excluding steroid dienone is 15. The summed E-state index contributed by atoms with van der Waals surface area (Å²) >= 11 is 0. The third kappa shape index (κ3) is 6.10. The fourth-order valence-corrected chi connectivity index (χ4v) is 11.4. The molecule has 2 aromatic rings. The van der Waals surface area contributed by atoms with E-state index in [0.717, 1.165) is 62.9 Å². The van der Waals surface area contributed by atoms with Gasteiger partial charge in [-0.2, -0.15) is 0 Å². The Balaban J connectivity index is 1.05. The smallest absolute Gasteiger partial charge is 0.130 e. The first-order chi connectivity index (χ1) is 28.5. The molecule has 4 heteroatoms. The predicted octanol–water partition coefficient (Wildman–Crippen LogP) is 10.3. The standard InChI is InChI=1S/C54H55N3O/c1-35-17-12-13-24-40(35)37-29-30-41(44(31-37)47-34-54(2,38-20-8-4-9-21-38)56-53(55-47)36-18-6-3-7-19-36)43-26-16-28-50-52(43)46-32-49-45(33-51(46)58-50)42-25-14-15-27-48(42)57(49)39-22-10-5-11-23-39/h3-4,6,8-10,12,16-18,20-23,25-32,34-35,40-41,44,50-52H,5,7,11,13-15,19,24,33H2,1-2H3,(H,55,56). The molecule has 8 unspecified atom stereocenters. The topological polar surface area (TPSA) is 38.6 Å². The zero-order valence-electron chi connectivity index (χ0n) is 34.0. The molecule has 11 rings (SSSR count). The average Bonchev–Trinajstić information content (AvgIpc) is 3.81. The van der Waals surface area contributed by atoms with E-state index in [1.165, 1.54) is 61.8 Å². The van der Waals surface area contributed by atoms with Crippen molar-refractivity contribution < 1.29 is 4.74 Å². The Hall–Kier alpha value is -5.19. The third-order valence-corrected chi connectivity index (χ3v) is 14.4. The molecule has 3 heterocycles. The van der Waals surface area contributed by atoms with E-state index in [1.807, 2.05) is 0 Å². The number of amidine groups is 1. The van der Waals surface area contributed by atoms with Gasteiger partial charge in [0.2, 0.25) is 0 Å². The summed E-state index contributed by atoms with van der Waals surface area (Å²) in [7, 11) is 0. The number of fused-ring (bicyclic) bond motifs is 6. The first kappa shape index (κ1) is 35.9. The summed E-state index contributed by atoms with van der Waals surface area (Å²) in [4.78, 5) is 5.65. The Morgan fingerprint density at radius 1 is 0.845 bits per heavy atom. The van der Waals surface area contributed by atoms with E-state index >= 15 is 0 Å². The Morgan fingerprint density at radius 3 is 2.59 bits per heavy atom. The minimum absolute atomic E-state index is 0.0200. The maximum atomic E-state index is 7.12. The SMILES string of the molecule is CC1C=CCCC1C1=CC(C2=CC(C)(c3ccccc3)NC(C3=CC=CCC3)=N2)C(C2=CC=CC3OC4Cc5c(n(C6=CCCC=C6)c6c5=CCCC=6)C=C4C23)C=C1. The molecule has 1 fully saturated rings. The summed E-state index contributed by atoms with van der Waals surface area (Å²) in [5.74, 6) is 2.41. The van der Waals surface area contributed by atoms with Gasteiger partial charge in [0.25, 0.3) is 0 Å². The molecule has 1 aromatic heterocycles. The van der Waals surface area contributed by atoms with Crippen LogP contribution in [0.25, 0.3) is 23.9 Å². The molecule has 9 aliphatic rings. The number of hydrogen-bond donors (Lipinski definition) is 1. The van der Waals surface area contributed by atoms with E-state index in [2.05, 4.69) is 163 Å². The Bertz CT molecular complexity index is 2550. The molecule has 0 radical (unpaired) electrons. The zero-order valence-corrected chi connectivity index (χ0v) is 34.0. The van der Waals surface area contributed by atoms with Crippen molar-refractivity contribution in [1.82, 2.24) is 9.88 Å². The zero-order chi connectivity index (χ0) is 38.8. The van der Waals surface area contributed by atoms with Crippen molar-refractivity contribution in [2.75, 3.05) is 0 Å². The molecule has 4 nitrogen and oxygen atoms in total. The van der Waals surface area contributed by atoms with Crippen LogP contribution in [0.1, 0.15) is 82.0 Å². The summed E-state index contributed by atoms with van der Waals surface area (Å²) in [6, 6.07) is 11.0. The van der Waals surface area contributed by atoms with Gasteiger partial charge in [0.15, 0.2) is 0 Å². The van der Waals surface area contributed by atoms with E-state index in [1.54, 1.807) is 0 Å². The molecule has 1 aromatic carbocycles. The van der Waals surface area contributed by atoms with Crippen LogP contribution in [0.5, 0.6) is 0 Å². The van der Waals surface area contributed by atoms with Gasteiger partial charge in [-0.3, -0.25) is 0 Å². The molecular weight excluding hydrogens is 707 g/mol. The van der Waals surface area contributed by atoms with Gasteiger partial charge in [-0.1, -0.05) is 134 Å². The summed E-state index contributed by atoms with van der Waals surface area (Å²) in [5.41, 5.74) is 11.8. The van der Waals surface area contributed by atoms with Crippen LogP contribution in [0.2, 0.25) is 0 Å². The quantitative estimate of drug-likeness (QED) is 0.298. The highest BCUT2D eigenvalue weighted by Crippen LogP contribution is 2.51. The monoisotopic (exact) mass is 761 g/mol. The van der Waals surface area contributed by atoms with Gasteiger partial charge in [-0.25, -0.2) is 4.99 Å². The fourth-order valence-electron chi connectivity index (χ4n) is 11.4. The minimum atomic E-state index is -0.412. The van der Waals surface area contributed by atoms with Crippen molar-refractivity contribution >= 4 is 29.8 Å². The molecule has 292 valence electrons. The van der Waals surface area contributed by atoms with E-state index in [0.29, 0.717) is 11.8 Å². The average molecular weight is 762 g/mol. The Kier molecular flexibility index (Phi) is 9.03. The van der Waals surface area contributed by atoms with Crippen LogP contribution < -0.4 is 15.9 Å². The van der Waals surface area contributed by atoms with E-state index in [9.17, 15) is 0 Å². The molecule has 2 aliphatic heterocycles. The van der Waals surface area contributed by atoms with Crippen molar-refractivity contribution in [3.05, 3.63) is 177 Å². The lowest BCUT2D eigenvalue weighted by molar-refractivity contribution is 0.0701. The van der Waals surface area contributed by atoms with Crippen molar-refractivity contribution in [3.63, 3.8) is 0 Å². The first-order valence-corrected chi connectivity index (χ1v) is 22.2. The highest BCUT2D eigenvalue weighted by Gasteiger charge is 2.47. The number of aromatic nitrogens is 1. The van der Waals surface area contributed by atoms with Gasteiger partial charge in [-0.15, -0.1) is 0 Å². The van der Waals surface area contributed by atoms with Gasteiger partial charge >= 0.3 is 0 Å². The maximum Gasteiger partial charge on any atom is 0.130 e. The molecule has 0 saturated carbocycles. The number of nitrogens with one attached hydrogen (secondary N) is 1. The van der Waals surface area contributed by atoms with Crippen molar-refractivity contribution in [2.45, 2.75) is 89.4 Å². The molecule has 0 amide bonds. The van der Waals surface area contributed by atoms with Gasteiger partial charge < -0.3 is 14.6 Å². The molecule has 58 heavy (non-hydrogen) atoms. The number of rotatable bonds is 6. The van der Waals surface area contributed by atoms with Crippen molar-refractivity contribution in [1.29, 1.82) is 0 Å². The van der Waals surface area contributed by atoms with E-state index in [-0.39, 0.29) is 30.0 Å². The molecule has 7 aliphatic carbocycles. The first-order valence-electron chi connectivity index (χ1n) is 22.2. The lowest BCUT2D eigenvalue weighted by atomic mass is 9.67. The number of nitrogens with zero attached hydrogens (tertiary/aromatic N) is 2. The molecule has 1 N–H and O–H groups in total. The number of hydrogen-bond acceptors (Lipinski definition) is 3. The lowest BCUT2D eigenvalue weighted by Crippen LogP contribution is -2.46. The van der Waals surface area contributed by atoms with Crippen LogP contribution in [-0.4, -0.2) is 22.6 Å². The summed E-state index contributed by atoms with van der Waals surface area (Å²) in [5, 5.41) is 6.75. The van der Waals surface area contributed by atoms with Crippen LogP contribution in [0.4, 0.5) is 0 Å². The predicted molar refractivity (Wildman–Crippen MR) is 240 cm³/mol. The van der Waals surface area contributed by atoms with Crippen LogP contribution in [-0.2, 0) is 16.7 Å². The van der Waals surface area contributed by atoms with Gasteiger partial charge in [0.1, 0.15) is 5.84 Å². The van der Waals surface area contributed by atoms with Gasteiger partial charge in [0, 0.05) is 40.9 Å². The Labute approximate surface area is 344 Å². The summed E-state index contributed by atoms with van der Waals surface area (Å²) < 4.78 is 9.69. The summed E-state index contributed by atoms with van der Waals surface area (Å²) in [6.45, 7) is 4.73. The van der Waals surface area contributed by atoms with Crippen LogP contribution >= 0.6 is 0 Å². The third-order valence-electron chi connectivity index (χ3n) is 14.4. The molecule has 1 saturated heterocycles. The Morgan fingerprint density at radius 2 is 1.74 bits per heavy atom. The van der Waals surface area contributed by atoms with Crippen LogP contribution in [0.3, 0.4) is 0 Å². The molecular formula is C54H55N3O. The number of aliphatic imine (C=N–C) groups is 1. The molecule has 0 spiro atoms. The van der Waals surface area contributed by atoms with Gasteiger partial charge in [-0.05, 0) is 121 Å². The number of benzene rings is 1. The van der Waals surface area contributed by atoms with Crippen LogP contribution in [0, 0.1) is 29.6 Å². The maximum absolute atomic E-state index is 7.12. The fraction of sp³-hybridized carbons (Fsp3) is 0.352. The minimum Gasteiger partial charge on any atom is -0.365 e. The number of ether oxygens (including phenoxy) is 1. The van der Waals surface area contributed by atoms with Gasteiger partial charge in [0.05, 0.1) is 23.4 Å². The normalized spacial score (nSPS) is 33.0. The second-order valence-corrected chi connectivity index (χ2v) is 18.0. The lowest BCUT2D eigenvalue weighted by Gasteiger charge is -2.40. The molecule has 8 atom stereocenters. The van der Waals surface area contributed by atoms with Crippen molar-refractivity contribution in [3.8, 4) is 0 Å². The second-order valence-electron chi connectivity index (χ2n) is 18.0.